The van der Waals surface area contributed by atoms with Crippen LogP contribution in [0.1, 0.15) is 34.1 Å². The van der Waals surface area contributed by atoms with Crippen molar-refractivity contribution in [2.45, 2.75) is 22.3 Å². The van der Waals surface area contributed by atoms with E-state index in [1.165, 1.54) is 27.2 Å². The second-order valence-corrected chi connectivity index (χ2v) is 10.3. The molecule has 0 heterocycles. The van der Waals surface area contributed by atoms with Gasteiger partial charge in [0.1, 0.15) is 0 Å². The van der Waals surface area contributed by atoms with Crippen LogP contribution in [0.4, 0.5) is 0 Å². The van der Waals surface area contributed by atoms with Gasteiger partial charge in [-0.2, -0.15) is 0 Å². The van der Waals surface area contributed by atoms with Gasteiger partial charge in [-0.05, 0) is 34.4 Å². The number of hydrogen-bond acceptors (Lipinski definition) is 2. The van der Waals surface area contributed by atoms with Crippen LogP contribution in [-0.2, 0) is 0 Å². The van der Waals surface area contributed by atoms with Crippen molar-refractivity contribution in [1.29, 1.82) is 0 Å². The third-order valence-electron chi connectivity index (χ3n) is 5.48. The minimum Gasteiger partial charge on any atom is -0.138 e. The highest BCUT2D eigenvalue weighted by Gasteiger charge is 2.16. The summed E-state index contributed by atoms with van der Waals surface area (Å²) in [5.41, 5.74) is 5.40. The third kappa shape index (κ3) is 6.18. The van der Waals surface area contributed by atoms with Crippen molar-refractivity contribution in [2.75, 3.05) is 5.75 Å². The van der Waals surface area contributed by atoms with Crippen LogP contribution in [0, 0.1) is 0 Å². The number of allylic oxidation sites excluding steroid dienone is 1. The van der Waals surface area contributed by atoms with Gasteiger partial charge >= 0.3 is 0 Å². The van der Waals surface area contributed by atoms with Crippen molar-refractivity contribution in [2.24, 2.45) is 0 Å². The molecule has 4 rings (SSSR count). The summed E-state index contributed by atoms with van der Waals surface area (Å²) in [5.74, 6) is 1.30. The molecule has 0 radical (unpaired) electrons. The van der Waals surface area contributed by atoms with Gasteiger partial charge in [-0.3, -0.25) is 0 Å². The van der Waals surface area contributed by atoms with Gasteiger partial charge in [0, 0.05) is 16.6 Å². The normalized spacial score (nSPS) is 13.5. The highest BCUT2D eigenvalue weighted by molar-refractivity contribution is 8.16. The highest BCUT2D eigenvalue weighted by atomic mass is 32.2. The Balaban J connectivity index is 1.57. The molecule has 2 unspecified atom stereocenters. The Morgan fingerprint density at radius 2 is 1.16 bits per heavy atom. The van der Waals surface area contributed by atoms with E-state index in [0.717, 1.165) is 5.75 Å². The van der Waals surface area contributed by atoms with Crippen LogP contribution in [0.15, 0.2) is 132 Å². The lowest BCUT2D eigenvalue weighted by atomic mass is 9.88. The molecular formula is C30H28S2. The maximum absolute atomic E-state index is 2.43. The van der Waals surface area contributed by atoms with Gasteiger partial charge in [0.25, 0.3) is 0 Å². The van der Waals surface area contributed by atoms with Gasteiger partial charge in [-0.1, -0.05) is 122 Å². The molecule has 4 aromatic rings. The van der Waals surface area contributed by atoms with E-state index < -0.39 is 0 Å². The molecule has 0 saturated heterocycles. The minimum atomic E-state index is 0.344. The third-order valence-corrected chi connectivity index (χ3v) is 8.14. The summed E-state index contributed by atoms with van der Waals surface area (Å²) in [6.45, 7) is 2.31. The van der Waals surface area contributed by atoms with Crippen molar-refractivity contribution in [3.05, 3.63) is 144 Å². The first-order valence-electron chi connectivity index (χ1n) is 11.0. The van der Waals surface area contributed by atoms with E-state index in [0.29, 0.717) is 10.5 Å². The zero-order valence-electron chi connectivity index (χ0n) is 18.3. The lowest BCUT2D eigenvalue weighted by Crippen LogP contribution is -1.99. The first-order chi connectivity index (χ1) is 15.8. The Kier molecular flexibility index (Phi) is 8.30. The molecule has 0 aromatic heterocycles. The molecule has 32 heavy (non-hydrogen) atoms. The van der Waals surface area contributed by atoms with E-state index in [9.17, 15) is 0 Å². The lowest BCUT2D eigenvalue weighted by molar-refractivity contribution is 0.987. The largest absolute Gasteiger partial charge is 0.138 e. The SMILES string of the molecule is CC(/C(=C/CSC(Sc1ccccc1)c1ccccc1)c1ccccc1)c1ccccc1. The average molecular weight is 453 g/mol. The van der Waals surface area contributed by atoms with Crippen molar-refractivity contribution < 1.29 is 0 Å². The Labute approximate surface area is 200 Å². The fourth-order valence-corrected chi connectivity index (χ4v) is 6.25. The van der Waals surface area contributed by atoms with Crippen LogP contribution in [0.25, 0.3) is 5.57 Å². The first kappa shape index (κ1) is 22.5. The van der Waals surface area contributed by atoms with E-state index in [4.69, 9.17) is 0 Å². The molecule has 0 spiro atoms. The second-order valence-electron chi connectivity index (χ2n) is 7.66. The topological polar surface area (TPSA) is 0 Å². The van der Waals surface area contributed by atoms with E-state index >= 15 is 0 Å². The number of hydrogen-bond donors (Lipinski definition) is 0. The fourth-order valence-electron chi connectivity index (χ4n) is 3.75. The summed E-state index contributed by atoms with van der Waals surface area (Å²) in [6.07, 6.45) is 2.43. The summed E-state index contributed by atoms with van der Waals surface area (Å²) in [7, 11) is 0. The Morgan fingerprint density at radius 1 is 0.656 bits per heavy atom. The van der Waals surface area contributed by atoms with Crippen molar-refractivity contribution in [3.63, 3.8) is 0 Å². The predicted octanol–water partition coefficient (Wildman–Crippen LogP) is 9.10. The van der Waals surface area contributed by atoms with E-state index in [1.807, 2.05) is 23.5 Å². The molecule has 0 aliphatic carbocycles. The molecule has 2 atom stereocenters. The van der Waals surface area contributed by atoms with Crippen LogP contribution < -0.4 is 0 Å². The van der Waals surface area contributed by atoms with E-state index in [2.05, 4.69) is 134 Å². The summed E-state index contributed by atoms with van der Waals surface area (Å²) in [5, 5.41) is 0. The molecule has 0 saturated carbocycles. The van der Waals surface area contributed by atoms with Crippen LogP contribution in [0.5, 0.6) is 0 Å². The number of benzene rings is 4. The van der Waals surface area contributed by atoms with Crippen LogP contribution in [-0.4, -0.2) is 5.75 Å². The van der Waals surface area contributed by atoms with Crippen molar-refractivity contribution >= 4 is 29.1 Å². The predicted molar refractivity (Wildman–Crippen MR) is 143 cm³/mol. The maximum Gasteiger partial charge on any atom is 0.0801 e. The van der Waals surface area contributed by atoms with E-state index in [1.54, 1.807) is 0 Å². The van der Waals surface area contributed by atoms with Crippen LogP contribution in [0.2, 0.25) is 0 Å². The van der Waals surface area contributed by atoms with Crippen molar-refractivity contribution in [3.8, 4) is 0 Å². The molecule has 0 amide bonds. The molecule has 0 fully saturated rings. The van der Waals surface area contributed by atoms with Crippen LogP contribution >= 0.6 is 23.5 Å². The zero-order valence-corrected chi connectivity index (χ0v) is 19.9. The fraction of sp³-hybridized carbons (Fsp3) is 0.133. The number of thioether (sulfide) groups is 2. The number of rotatable bonds is 9. The van der Waals surface area contributed by atoms with Gasteiger partial charge < -0.3 is 0 Å². The van der Waals surface area contributed by atoms with Gasteiger partial charge in [-0.15, -0.1) is 23.5 Å². The summed E-state index contributed by atoms with van der Waals surface area (Å²) in [4.78, 5) is 1.30. The molecule has 0 N–H and O–H groups in total. The second kappa shape index (κ2) is 11.8. The first-order valence-corrected chi connectivity index (χ1v) is 12.9. The molecule has 0 nitrogen and oxygen atoms in total. The minimum absolute atomic E-state index is 0.344. The molecule has 160 valence electrons. The quantitative estimate of drug-likeness (QED) is 0.183. The standard InChI is InChI=1S/C30H28S2/c1-24(25-14-6-2-7-15-25)29(26-16-8-3-9-17-26)22-23-31-30(27-18-10-4-11-19-27)32-28-20-12-5-13-21-28/h2-22,24,30H,23H2,1H3/b29-22-. The monoisotopic (exact) mass is 452 g/mol. The molecular weight excluding hydrogens is 424 g/mol. The molecule has 4 aromatic carbocycles. The highest BCUT2D eigenvalue weighted by Crippen LogP contribution is 2.44. The average Bonchev–Trinajstić information content (AvgIpc) is 2.88. The van der Waals surface area contributed by atoms with Gasteiger partial charge in [-0.25, -0.2) is 0 Å². The van der Waals surface area contributed by atoms with E-state index in [-0.39, 0.29) is 0 Å². The molecule has 2 heteroatoms. The molecule has 0 aliphatic heterocycles. The maximum atomic E-state index is 2.43. The molecule has 0 aliphatic rings. The summed E-state index contributed by atoms with van der Waals surface area (Å²) < 4.78 is 0.346. The Hall–Kier alpha value is -2.68. The lowest BCUT2D eigenvalue weighted by Gasteiger charge is -2.19. The van der Waals surface area contributed by atoms with Gasteiger partial charge in [0.15, 0.2) is 0 Å². The molecule has 0 bridgehead atoms. The van der Waals surface area contributed by atoms with Crippen molar-refractivity contribution in [1.82, 2.24) is 0 Å². The summed E-state index contributed by atoms with van der Waals surface area (Å²) >= 11 is 3.92. The summed E-state index contributed by atoms with van der Waals surface area (Å²) in [6, 6.07) is 43.1. The zero-order chi connectivity index (χ0) is 22.0. The Bertz CT molecular complexity index is 1090. The Morgan fingerprint density at radius 3 is 1.75 bits per heavy atom. The van der Waals surface area contributed by atoms with Gasteiger partial charge in [0.05, 0.1) is 4.58 Å². The van der Waals surface area contributed by atoms with Crippen LogP contribution in [0.3, 0.4) is 0 Å². The van der Waals surface area contributed by atoms with Gasteiger partial charge in [0.2, 0.25) is 0 Å². The smallest absolute Gasteiger partial charge is 0.0801 e.